The van der Waals surface area contributed by atoms with Crippen LogP contribution in [0.1, 0.15) is 53.4 Å². The second-order valence-corrected chi connectivity index (χ2v) is 5.38. The summed E-state index contributed by atoms with van der Waals surface area (Å²) in [5, 5.41) is 0. The molecule has 3 unspecified atom stereocenters. The first-order valence-electron chi connectivity index (χ1n) is 6.35. The van der Waals surface area contributed by atoms with Crippen LogP contribution in [0.25, 0.3) is 0 Å². The highest BCUT2D eigenvalue weighted by Gasteiger charge is 2.23. The summed E-state index contributed by atoms with van der Waals surface area (Å²) >= 11 is 0. The maximum atomic E-state index is 5.64. The minimum atomic E-state index is 0.0639. The molecule has 0 aromatic carbocycles. The standard InChI is InChI=1S/C13H26O2/c1-10(2)6-5-7-11(3)8-13-14-9-12(4)15-13/h10-13H,5-9H2,1-4H3. The van der Waals surface area contributed by atoms with Gasteiger partial charge in [-0.3, -0.25) is 0 Å². The predicted molar refractivity (Wildman–Crippen MR) is 62.8 cm³/mol. The molecule has 0 N–H and O–H groups in total. The Balaban J connectivity index is 2.05. The smallest absolute Gasteiger partial charge is 0.158 e. The van der Waals surface area contributed by atoms with Crippen LogP contribution in [0.4, 0.5) is 0 Å². The van der Waals surface area contributed by atoms with Crippen LogP contribution in [0, 0.1) is 11.8 Å². The molecule has 0 aliphatic carbocycles. The zero-order valence-corrected chi connectivity index (χ0v) is 10.7. The van der Waals surface area contributed by atoms with Crippen molar-refractivity contribution < 1.29 is 9.47 Å². The molecule has 0 aromatic heterocycles. The molecule has 1 rings (SSSR count). The van der Waals surface area contributed by atoms with Gasteiger partial charge in [0.1, 0.15) is 0 Å². The fraction of sp³-hybridized carbons (Fsp3) is 1.00. The van der Waals surface area contributed by atoms with Gasteiger partial charge in [-0.25, -0.2) is 0 Å². The molecule has 1 fully saturated rings. The maximum Gasteiger partial charge on any atom is 0.158 e. The van der Waals surface area contributed by atoms with Gasteiger partial charge in [0.25, 0.3) is 0 Å². The molecule has 1 aliphatic heterocycles. The lowest BCUT2D eigenvalue weighted by Crippen LogP contribution is -2.13. The maximum absolute atomic E-state index is 5.64. The van der Waals surface area contributed by atoms with Gasteiger partial charge in [-0.05, 0) is 18.8 Å². The van der Waals surface area contributed by atoms with E-state index in [0.29, 0.717) is 0 Å². The van der Waals surface area contributed by atoms with Gasteiger partial charge >= 0.3 is 0 Å². The van der Waals surface area contributed by atoms with Crippen LogP contribution in [0.5, 0.6) is 0 Å². The van der Waals surface area contributed by atoms with E-state index in [0.717, 1.165) is 24.9 Å². The average molecular weight is 214 g/mol. The molecule has 90 valence electrons. The topological polar surface area (TPSA) is 18.5 Å². The Bertz CT molecular complexity index is 168. The molecule has 1 heterocycles. The number of rotatable bonds is 6. The Kier molecular flexibility index (Phi) is 5.62. The average Bonchev–Trinajstić information content (AvgIpc) is 2.50. The van der Waals surface area contributed by atoms with Gasteiger partial charge in [0.05, 0.1) is 12.7 Å². The van der Waals surface area contributed by atoms with Gasteiger partial charge < -0.3 is 9.47 Å². The highest BCUT2D eigenvalue weighted by atomic mass is 16.7. The van der Waals surface area contributed by atoms with E-state index in [1.807, 2.05) is 0 Å². The van der Waals surface area contributed by atoms with Gasteiger partial charge in [-0.1, -0.05) is 40.0 Å². The lowest BCUT2D eigenvalue weighted by molar-refractivity contribution is -0.0681. The number of ether oxygens (including phenoxy) is 2. The van der Waals surface area contributed by atoms with Crippen LogP contribution in [-0.4, -0.2) is 19.0 Å². The van der Waals surface area contributed by atoms with Gasteiger partial charge in [0.2, 0.25) is 0 Å². The van der Waals surface area contributed by atoms with Gasteiger partial charge in [-0.15, -0.1) is 0 Å². The molecule has 3 atom stereocenters. The fourth-order valence-electron chi connectivity index (χ4n) is 2.03. The van der Waals surface area contributed by atoms with Gasteiger partial charge in [-0.2, -0.15) is 0 Å². The first kappa shape index (κ1) is 13.0. The van der Waals surface area contributed by atoms with Crippen LogP contribution >= 0.6 is 0 Å². The van der Waals surface area contributed by atoms with E-state index in [2.05, 4.69) is 27.7 Å². The molecule has 15 heavy (non-hydrogen) atoms. The SMILES string of the molecule is CC(C)CCCC(C)CC1OCC(C)O1. The molecule has 0 spiro atoms. The molecule has 1 saturated heterocycles. The minimum absolute atomic E-state index is 0.0639. The van der Waals surface area contributed by atoms with Crippen LogP contribution in [0.2, 0.25) is 0 Å². The normalized spacial score (nSPS) is 28.6. The minimum Gasteiger partial charge on any atom is -0.350 e. The fourth-order valence-corrected chi connectivity index (χ4v) is 2.03. The Morgan fingerprint density at radius 1 is 1.20 bits per heavy atom. The largest absolute Gasteiger partial charge is 0.350 e. The van der Waals surface area contributed by atoms with Crippen molar-refractivity contribution in [2.24, 2.45) is 11.8 Å². The third-order valence-corrected chi connectivity index (χ3v) is 2.97. The summed E-state index contributed by atoms with van der Waals surface area (Å²) in [6.45, 7) is 9.72. The van der Waals surface area contributed by atoms with Crippen molar-refractivity contribution >= 4 is 0 Å². The summed E-state index contributed by atoms with van der Waals surface area (Å²) in [6.07, 6.45) is 5.39. The number of hydrogen-bond donors (Lipinski definition) is 0. The van der Waals surface area contributed by atoms with Crippen LogP contribution < -0.4 is 0 Å². The first-order valence-corrected chi connectivity index (χ1v) is 6.35. The molecular weight excluding hydrogens is 188 g/mol. The van der Waals surface area contributed by atoms with Crippen molar-refractivity contribution in [1.29, 1.82) is 0 Å². The van der Waals surface area contributed by atoms with Crippen molar-refractivity contribution in [2.45, 2.75) is 65.8 Å². The second-order valence-electron chi connectivity index (χ2n) is 5.38. The van der Waals surface area contributed by atoms with E-state index in [9.17, 15) is 0 Å². The lowest BCUT2D eigenvalue weighted by Gasteiger charge is -2.16. The summed E-state index contributed by atoms with van der Waals surface area (Å²) in [4.78, 5) is 0. The van der Waals surface area contributed by atoms with Crippen molar-refractivity contribution in [3.63, 3.8) is 0 Å². The third kappa shape index (κ3) is 5.53. The molecule has 0 saturated carbocycles. The summed E-state index contributed by atoms with van der Waals surface area (Å²) < 4.78 is 11.2. The van der Waals surface area contributed by atoms with E-state index < -0.39 is 0 Å². The van der Waals surface area contributed by atoms with E-state index in [4.69, 9.17) is 9.47 Å². The summed E-state index contributed by atoms with van der Waals surface area (Å²) in [5.41, 5.74) is 0. The Hall–Kier alpha value is -0.0800. The zero-order chi connectivity index (χ0) is 11.3. The van der Waals surface area contributed by atoms with Crippen molar-refractivity contribution in [3.05, 3.63) is 0 Å². The van der Waals surface area contributed by atoms with Crippen molar-refractivity contribution in [1.82, 2.24) is 0 Å². The number of hydrogen-bond acceptors (Lipinski definition) is 2. The Labute approximate surface area is 94.3 Å². The highest BCUT2D eigenvalue weighted by Crippen LogP contribution is 2.22. The second kappa shape index (κ2) is 6.49. The van der Waals surface area contributed by atoms with Crippen molar-refractivity contribution in [2.75, 3.05) is 6.61 Å². The van der Waals surface area contributed by atoms with Gasteiger partial charge in [0, 0.05) is 6.42 Å². The summed E-state index contributed by atoms with van der Waals surface area (Å²) in [5.74, 6) is 1.55. The Morgan fingerprint density at radius 2 is 1.93 bits per heavy atom. The predicted octanol–water partition coefficient (Wildman–Crippen LogP) is 3.60. The molecular formula is C13H26O2. The molecule has 0 aromatic rings. The molecule has 2 nitrogen and oxygen atoms in total. The van der Waals surface area contributed by atoms with Crippen molar-refractivity contribution in [3.8, 4) is 0 Å². The molecule has 2 heteroatoms. The van der Waals surface area contributed by atoms with Crippen LogP contribution in [0.3, 0.4) is 0 Å². The van der Waals surface area contributed by atoms with E-state index >= 15 is 0 Å². The zero-order valence-electron chi connectivity index (χ0n) is 10.7. The quantitative estimate of drug-likeness (QED) is 0.672. The molecule has 1 aliphatic rings. The molecule has 0 radical (unpaired) electrons. The third-order valence-electron chi connectivity index (χ3n) is 2.97. The van der Waals surface area contributed by atoms with Crippen LogP contribution in [-0.2, 0) is 9.47 Å². The van der Waals surface area contributed by atoms with Gasteiger partial charge in [0.15, 0.2) is 6.29 Å². The van der Waals surface area contributed by atoms with Crippen LogP contribution in [0.15, 0.2) is 0 Å². The summed E-state index contributed by atoms with van der Waals surface area (Å²) in [6, 6.07) is 0. The first-order chi connectivity index (χ1) is 7.08. The molecule has 0 amide bonds. The monoisotopic (exact) mass is 214 g/mol. The summed E-state index contributed by atoms with van der Waals surface area (Å²) in [7, 11) is 0. The van der Waals surface area contributed by atoms with E-state index in [1.165, 1.54) is 19.3 Å². The highest BCUT2D eigenvalue weighted by molar-refractivity contribution is 4.64. The Morgan fingerprint density at radius 3 is 2.47 bits per heavy atom. The van der Waals surface area contributed by atoms with E-state index in [-0.39, 0.29) is 12.4 Å². The van der Waals surface area contributed by atoms with E-state index in [1.54, 1.807) is 0 Å². The lowest BCUT2D eigenvalue weighted by atomic mass is 9.97. The molecule has 0 bridgehead atoms.